The van der Waals surface area contributed by atoms with Crippen LogP contribution in [0, 0.1) is 11.9 Å². The van der Waals surface area contributed by atoms with Crippen LogP contribution in [0.25, 0.3) is 16.4 Å². The fourth-order valence-corrected chi connectivity index (χ4v) is 1.60. The number of benzene rings is 1. The summed E-state index contributed by atoms with van der Waals surface area (Å²) in [5.41, 5.74) is 0.808. The molecule has 0 aliphatic rings. The van der Waals surface area contributed by atoms with Crippen molar-refractivity contribution in [2.24, 2.45) is 0 Å². The summed E-state index contributed by atoms with van der Waals surface area (Å²) in [5, 5.41) is 1.67. The Labute approximate surface area is 100 Å². The van der Waals surface area contributed by atoms with Gasteiger partial charge in [0.1, 0.15) is 0 Å². The summed E-state index contributed by atoms with van der Waals surface area (Å²) in [4.78, 5) is 4.19. The average molecular weight is 380 g/mol. The predicted octanol–water partition coefficient (Wildman–Crippen LogP) is 2.42. The maximum atomic E-state index is 12.9. The van der Waals surface area contributed by atoms with Crippen molar-refractivity contribution >= 4 is 16.4 Å². The zero-order valence-corrected chi connectivity index (χ0v) is 9.82. The Kier molecular flexibility index (Phi) is 2.57. The van der Waals surface area contributed by atoms with Gasteiger partial charge in [0.2, 0.25) is 0 Å². The zero-order valence-electron chi connectivity index (χ0n) is 7.55. The van der Waals surface area contributed by atoms with Gasteiger partial charge in [0.05, 0.1) is 5.65 Å². The molecule has 1 aromatic carbocycles. The minimum atomic E-state index is -0.270. The van der Waals surface area contributed by atoms with Crippen LogP contribution in [-0.4, -0.2) is 9.38 Å². The van der Waals surface area contributed by atoms with Crippen LogP contribution < -0.4 is 0 Å². The molecule has 0 saturated carbocycles. The molecular formula is C11H6FN2Pt-. The van der Waals surface area contributed by atoms with Gasteiger partial charge in [-0.3, -0.25) is 9.37 Å². The molecule has 2 heterocycles. The molecule has 4 heteroatoms. The fraction of sp³-hybridized carbons (Fsp3) is 0. The Morgan fingerprint density at radius 3 is 3.07 bits per heavy atom. The first-order chi connectivity index (χ1) is 6.84. The summed E-state index contributed by atoms with van der Waals surface area (Å²) < 4.78 is 14.8. The summed E-state index contributed by atoms with van der Waals surface area (Å²) >= 11 is 0. The van der Waals surface area contributed by atoms with E-state index in [0.29, 0.717) is 0 Å². The smallest absolute Gasteiger partial charge is 0.0603 e. The van der Waals surface area contributed by atoms with Gasteiger partial charge in [0.25, 0.3) is 0 Å². The molecule has 15 heavy (non-hydrogen) atoms. The standard InChI is InChI=1S/C11H6FN2.Pt/c12-9-1-2-10-8(7-9)3-5-14-6-4-13-11(10)14;/h1,3-7H;/q-1;. The minimum Gasteiger partial charge on any atom is -0.347 e. The van der Waals surface area contributed by atoms with Crippen molar-refractivity contribution in [1.82, 2.24) is 9.38 Å². The summed E-state index contributed by atoms with van der Waals surface area (Å²) in [7, 11) is 0. The quantitative estimate of drug-likeness (QED) is 0.548. The number of nitrogens with zero attached hydrogens (tertiary/aromatic N) is 2. The van der Waals surface area contributed by atoms with Gasteiger partial charge in [-0.25, -0.2) is 0 Å². The van der Waals surface area contributed by atoms with Gasteiger partial charge in [-0.1, -0.05) is 6.07 Å². The number of hydrogen-bond donors (Lipinski definition) is 0. The second kappa shape index (κ2) is 3.74. The molecule has 0 spiro atoms. The molecule has 78 valence electrons. The number of imidazole rings is 1. The molecule has 0 fully saturated rings. The van der Waals surface area contributed by atoms with E-state index in [1.807, 2.05) is 22.9 Å². The maximum Gasteiger partial charge on any atom is 0.0603 e. The van der Waals surface area contributed by atoms with E-state index in [1.54, 1.807) is 6.20 Å². The molecule has 0 unspecified atom stereocenters. The molecule has 0 N–H and O–H groups in total. The van der Waals surface area contributed by atoms with Crippen LogP contribution in [0.5, 0.6) is 0 Å². The molecule has 0 saturated heterocycles. The van der Waals surface area contributed by atoms with Crippen LogP contribution in [0.1, 0.15) is 0 Å². The molecule has 0 atom stereocenters. The minimum absolute atomic E-state index is 0. The second-order valence-electron chi connectivity index (χ2n) is 3.12. The van der Waals surface area contributed by atoms with E-state index in [9.17, 15) is 4.39 Å². The van der Waals surface area contributed by atoms with E-state index in [2.05, 4.69) is 11.1 Å². The molecule has 0 radical (unpaired) electrons. The average Bonchev–Trinajstić information content (AvgIpc) is 2.65. The van der Waals surface area contributed by atoms with E-state index in [0.717, 1.165) is 16.4 Å². The molecule has 0 amide bonds. The normalized spacial score (nSPS) is 10.5. The molecule has 0 aliphatic carbocycles. The zero-order chi connectivity index (χ0) is 9.54. The number of pyridine rings is 1. The Balaban J connectivity index is 0.000000853. The first-order valence-electron chi connectivity index (χ1n) is 4.27. The van der Waals surface area contributed by atoms with Gasteiger partial charge in [-0.05, 0) is 6.20 Å². The maximum absolute atomic E-state index is 12.9. The van der Waals surface area contributed by atoms with Crippen molar-refractivity contribution < 1.29 is 25.5 Å². The Morgan fingerprint density at radius 1 is 1.33 bits per heavy atom. The summed E-state index contributed by atoms with van der Waals surface area (Å²) in [6.07, 6.45) is 5.43. The van der Waals surface area contributed by atoms with Crippen molar-refractivity contribution in [2.45, 2.75) is 0 Å². The van der Waals surface area contributed by atoms with Gasteiger partial charge in [-0.2, -0.15) is 0 Å². The number of rotatable bonds is 0. The van der Waals surface area contributed by atoms with Crippen molar-refractivity contribution in [3.05, 3.63) is 48.7 Å². The fourth-order valence-electron chi connectivity index (χ4n) is 1.60. The van der Waals surface area contributed by atoms with Crippen LogP contribution in [0.15, 0.2) is 36.8 Å². The summed E-state index contributed by atoms with van der Waals surface area (Å²) in [5.74, 6) is -0.270. The molecule has 2 nitrogen and oxygen atoms in total. The molecule has 2 aromatic heterocycles. The van der Waals surface area contributed by atoms with Crippen LogP contribution in [0.4, 0.5) is 4.39 Å². The molecule has 0 bridgehead atoms. The van der Waals surface area contributed by atoms with E-state index < -0.39 is 0 Å². The first kappa shape index (κ1) is 10.3. The summed E-state index contributed by atoms with van der Waals surface area (Å²) in [6, 6.07) is 7.56. The second-order valence-corrected chi connectivity index (χ2v) is 3.12. The summed E-state index contributed by atoms with van der Waals surface area (Å²) in [6.45, 7) is 0. The van der Waals surface area contributed by atoms with Gasteiger partial charge in [0.15, 0.2) is 0 Å². The van der Waals surface area contributed by atoms with Crippen LogP contribution in [0.2, 0.25) is 0 Å². The molecule has 3 rings (SSSR count). The van der Waals surface area contributed by atoms with Crippen molar-refractivity contribution in [3.63, 3.8) is 0 Å². The van der Waals surface area contributed by atoms with Crippen molar-refractivity contribution in [3.8, 4) is 0 Å². The largest absolute Gasteiger partial charge is 0.347 e. The number of hydrogen-bond acceptors (Lipinski definition) is 1. The number of halogens is 1. The van der Waals surface area contributed by atoms with Gasteiger partial charge >= 0.3 is 0 Å². The Hall–Kier alpha value is -1.21. The van der Waals surface area contributed by atoms with Crippen LogP contribution in [-0.2, 0) is 21.1 Å². The Bertz CT molecular complexity index is 618. The van der Waals surface area contributed by atoms with Gasteiger partial charge < -0.3 is 4.40 Å². The third-order valence-corrected chi connectivity index (χ3v) is 2.24. The van der Waals surface area contributed by atoms with Gasteiger partial charge in [-0.15, -0.1) is 29.0 Å². The topological polar surface area (TPSA) is 17.3 Å². The monoisotopic (exact) mass is 380 g/mol. The van der Waals surface area contributed by atoms with E-state index in [1.165, 1.54) is 12.1 Å². The number of fused-ring (bicyclic) bond motifs is 3. The van der Waals surface area contributed by atoms with E-state index >= 15 is 0 Å². The Morgan fingerprint density at radius 2 is 2.20 bits per heavy atom. The van der Waals surface area contributed by atoms with Gasteiger partial charge in [0, 0.05) is 39.3 Å². The van der Waals surface area contributed by atoms with E-state index in [4.69, 9.17) is 0 Å². The van der Waals surface area contributed by atoms with Crippen molar-refractivity contribution in [1.29, 1.82) is 0 Å². The first-order valence-corrected chi connectivity index (χ1v) is 4.27. The number of aromatic nitrogens is 2. The molecular weight excluding hydrogens is 374 g/mol. The third kappa shape index (κ3) is 1.57. The van der Waals surface area contributed by atoms with Crippen molar-refractivity contribution in [2.75, 3.05) is 0 Å². The molecule has 3 aromatic rings. The predicted molar refractivity (Wildman–Crippen MR) is 51.5 cm³/mol. The van der Waals surface area contributed by atoms with Crippen LogP contribution in [0.3, 0.4) is 0 Å². The molecule has 0 aliphatic heterocycles. The van der Waals surface area contributed by atoms with Crippen LogP contribution >= 0.6 is 0 Å². The van der Waals surface area contributed by atoms with E-state index in [-0.39, 0.29) is 26.9 Å². The SMILES string of the molecule is Fc1c[c-]c2c(ccn3ccnc23)c1.[Pt]. The third-order valence-electron chi connectivity index (χ3n) is 2.24.